The molecule has 1 rings (SSSR count). The normalized spacial score (nSPS) is 13.6. The summed E-state index contributed by atoms with van der Waals surface area (Å²) in [5.41, 5.74) is 0.995. The molecule has 0 amide bonds. The maximum absolute atomic E-state index is 11.7. The van der Waals surface area contributed by atoms with Crippen molar-refractivity contribution in [1.29, 1.82) is 0 Å². The fraction of sp³-hybridized carbons (Fsp3) is 0.267. The molecule has 0 radical (unpaired) electrons. The molecular formula is C15H17BrO2. The minimum Gasteiger partial charge on any atom is -0.460 e. The van der Waals surface area contributed by atoms with Crippen LogP contribution in [0.4, 0.5) is 0 Å². The number of esters is 1. The molecule has 0 aromatic heterocycles. The van der Waals surface area contributed by atoms with Crippen LogP contribution in [-0.2, 0) is 16.1 Å². The SMILES string of the molecule is C/C=C\C(Br)=C/C(C)C(=O)OCc1ccccc1. The Bertz CT molecular complexity index is 435. The summed E-state index contributed by atoms with van der Waals surface area (Å²) in [5, 5.41) is 0. The first-order chi connectivity index (χ1) is 8.63. The van der Waals surface area contributed by atoms with Crippen LogP contribution in [0.3, 0.4) is 0 Å². The van der Waals surface area contributed by atoms with Crippen molar-refractivity contribution in [2.45, 2.75) is 20.5 Å². The summed E-state index contributed by atoms with van der Waals surface area (Å²) < 4.78 is 6.12. The fourth-order valence-corrected chi connectivity index (χ4v) is 2.04. The first kappa shape index (κ1) is 14.7. The molecule has 0 aliphatic rings. The topological polar surface area (TPSA) is 26.3 Å². The van der Waals surface area contributed by atoms with Crippen LogP contribution in [-0.4, -0.2) is 5.97 Å². The van der Waals surface area contributed by atoms with Gasteiger partial charge in [0.05, 0.1) is 5.92 Å². The van der Waals surface area contributed by atoms with Crippen molar-refractivity contribution in [2.24, 2.45) is 5.92 Å². The van der Waals surface area contributed by atoms with Gasteiger partial charge in [-0.3, -0.25) is 4.79 Å². The van der Waals surface area contributed by atoms with Crippen LogP contribution in [0.25, 0.3) is 0 Å². The second kappa shape index (κ2) is 7.88. The molecule has 1 atom stereocenters. The highest BCUT2D eigenvalue weighted by Crippen LogP contribution is 2.13. The molecular weight excluding hydrogens is 292 g/mol. The van der Waals surface area contributed by atoms with E-state index in [4.69, 9.17) is 4.74 Å². The molecule has 0 saturated heterocycles. The smallest absolute Gasteiger partial charge is 0.312 e. The van der Waals surface area contributed by atoms with Crippen molar-refractivity contribution in [3.8, 4) is 0 Å². The highest BCUT2D eigenvalue weighted by Gasteiger charge is 2.11. The van der Waals surface area contributed by atoms with Gasteiger partial charge in [0.15, 0.2) is 0 Å². The van der Waals surface area contributed by atoms with Crippen molar-refractivity contribution in [3.05, 3.63) is 58.6 Å². The average Bonchev–Trinajstić information content (AvgIpc) is 2.37. The Morgan fingerprint density at radius 1 is 1.39 bits per heavy atom. The van der Waals surface area contributed by atoms with Crippen LogP contribution in [0.1, 0.15) is 19.4 Å². The van der Waals surface area contributed by atoms with E-state index in [1.54, 1.807) is 0 Å². The lowest BCUT2D eigenvalue weighted by Crippen LogP contribution is -2.12. The van der Waals surface area contributed by atoms with Gasteiger partial charge in [0.1, 0.15) is 6.61 Å². The van der Waals surface area contributed by atoms with E-state index in [9.17, 15) is 4.79 Å². The van der Waals surface area contributed by atoms with E-state index in [2.05, 4.69) is 15.9 Å². The molecule has 0 heterocycles. The molecule has 1 unspecified atom stereocenters. The summed E-state index contributed by atoms with van der Waals surface area (Å²) in [5.74, 6) is -0.486. The molecule has 0 aliphatic heterocycles. The number of allylic oxidation sites excluding steroid dienone is 3. The van der Waals surface area contributed by atoms with E-state index < -0.39 is 0 Å². The lowest BCUT2D eigenvalue weighted by atomic mass is 10.1. The van der Waals surface area contributed by atoms with Gasteiger partial charge in [-0.2, -0.15) is 0 Å². The van der Waals surface area contributed by atoms with Gasteiger partial charge in [0.2, 0.25) is 0 Å². The molecule has 0 saturated carbocycles. The Morgan fingerprint density at radius 3 is 2.67 bits per heavy atom. The summed E-state index contributed by atoms with van der Waals surface area (Å²) in [6.07, 6.45) is 5.62. The zero-order chi connectivity index (χ0) is 13.4. The summed E-state index contributed by atoms with van der Waals surface area (Å²) in [6.45, 7) is 4.06. The van der Waals surface area contributed by atoms with E-state index in [0.717, 1.165) is 10.0 Å². The number of carbonyl (C=O) groups excluding carboxylic acids is 1. The average molecular weight is 309 g/mol. The van der Waals surface area contributed by atoms with Crippen molar-refractivity contribution in [3.63, 3.8) is 0 Å². The third-order valence-electron chi connectivity index (χ3n) is 2.33. The molecule has 18 heavy (non-hydrogen) atoms. The minimum absolute atomic E-state index is 0.222. The highest BCUT2D eigenvalue weighted by atomic mass is 79.9. The third kappa shape index (κ3) is 5.32. The van der Waals surface area contributed by atoms with Crippen LogP contribution in [0.5, 0.6) is 0 Å². The second-order valence-electron chi connectivity index (χ2n) is 3.93. The van der Waals surface area contributed by atoms with Crippen LogP contribution >= 0.6 is 15.9 Å². The standard InChI is InChI=1S/C15H17BrO2/c1-3-7-14(16)10-12(2)15(17)18-11-13-8-5-4-6-9-13/h3-10,12H,11H2,1-2H3/b7-3-,14-10+. The van der Waals surface area contributed by atoms with Gasteiger partial charge in [-0.25, -0.2) is 0 Å². The molecule has 96 valence electrons. The largest absolute Gasteiger partial charge is 0.460 e. The lowest BCUT2D eigenvalue weighted by molar-refractivity contribution is -0.147. The Morgan fingerprint density at radius 2 is 2.06 bits per heavy atom. The summed E-state index contributed by atoms with van der Waals surface area (Å²) in [6, 6.07) is 9.65. The molecule has 0 aliphatic carbocycles. The predicted molar refractivity (Wildman–Crippen MR) is 77.2 cm³/mol. The fourth-order valence-electron chi connectivity index (χ4n) is 1.38. The van der Waals surface area contributed by atoms with Gasteiger partial charge >= 0.3 is 5.97 Å². The van der Waals surface area contributed by atoms with E-state index in [0.29, 0.717) is 6.61 Å². The zero-order valence-electron chi connectivity index (χ0n) is 10.6. The molecule has 1 aromatic carbocycles. The third-order valence-corrected chi connectivity index (χ3v) is 2.86. The monoisotopic (exact) mass is 308 g/mol. The van der Waals surface area contributed by atoms with Gasteiger partial charge in [-0.05, 0) is 19.4 Å². The lowest BCUT2D eigenvalue weighted by Gasteiger charge is -2.08. The quantitative estimate of drug-likeness (QED) is 0.601. The Balaban J connectivity index is 2.48. The second-order valence-corrected chi connectivity index (χ2v) is 4.85. The van der Waals surface area contributed by atoms with Gasteiger partial charge in [-0.15, -0.1) is 0 Å². The highest BCUT2D eigenvalue weighted by molar-refractivity contribution is 9.11. The van der Waals surface area contributed by atoms with Crippen LogP contribution < -0.4 is 0 Å². The Hall–Kier alpha value is -1.35. The van der Waals surface area contributed by atoms with Crippen molar-refractivity contribution >= 4 is 21.9 Å². The number of benzene rings is 1. The molecule has 2 nitrogen and oxygen atoms in total. The van der Waals surface area contributed by atoms with Gasteiger partial charge in [-0.1, -0.05) is 64.5 Å². The van der Waals surface area contributed by atoms with E-state index in [1.807, 2.05) is 62.4 Å². The predicted octanol–water partition coefficient (Wildman–Crippen LogP) is 4.22. The number of rotatable bonds is 5. The van der Waals surface area contributed by atoms with Crippen molar-refractivity contribution < 1.29 is 9.53 Å². The number of hydrogen-bond donors (Lipinski definition) is 0. The van der Waals surface area contributed by atoms with Gasteiger partial charge in [0.25, 0.3) is 0 Å². The maximum atomic E-state index is 11.7. The number of carbonyl (C=O) groups is 1. The number of halogens is 1. The first-order valence-corrected chi connectivity index (χ1v) is 6.63. The zero-order valence-corrected chi connectivity index (χ0v) is 12.2. The van der Waals surface area contributed by atoms with Crippen LogP contribution in [0, 0.1) is 5.92 Å². The van der Waals surface area contributed by atoms with E-state index >= 15 is 0 Å². The molecule has 0 fully saturated rings. The molecule has 0 N–H and O–H groups in total. The van der Waals surface area contributed by atoms with E-state index in [1.165, 1.54) is 0 Å². The first-order valence-electron chi connectivity index (χ1n) is 5.84. The Kier molecular flexibility index (Phi) is 6.44. The van der Waals surface area contributed by atoms with Gasteiger partial charge in [0, 0.05) is 4.48 Å². The number of ether oxygens (including phenoxy) is 1. The molecule has 3 heteroatoms. The van der Waals surface area contributed by atoms with Crippen molar-refractivity contribution in [2.75, 3.05) is 0 Å². The minimum atomic E-state index is -0.265. The maximum Gasteiger partial charge on any atom is 0.312 e. The molecule has 0 bridgehead atoms. The number of hydrogen-bond acceptors (Lipinski definition) is 2. The van der Waals surface area contributed by atoms with Crippen LogP contribution in [0.2, 0.25) is 0 Å². The summed E-state index contributed by atoms with van der Waals surface area (Å²) >= 11 is 3.37. The van der Waals surface area contributed by atoms with Crippen molar-refractivity contribution in [1.82, 2.24) is 0 Å². The van der Waals surface area contributed by atoms with Crippen LogP contribution in [0.15, 0.2) is 53.0 Å². The van der Waals surface area contributed by atoms with Gasteiger partial charge < -0.3 is 4.74 Å². The molecule has 0 spiro atoms. The summed E-state index contributed by atoms with van der Waals surface area (Å²) in [4.78, 5) is 11.7. The molecule has 1 aromatic rings. The summed E-state index contributed by atoms with van der Waals surface area (Å²) in [7, 11) is 0. The van der Waals surface area contributed by atoms with E-state index in [-0.39, 0.29) is 11.9 Å². The Labute approximate surface area is 116 Å².